The lowest BCUT2D eigenvalue weighted by Crippen LogP contribution is -2.31. The third-order valence-electron chi connectivity index (χ3n) is 3.12. The van der Waals surface area contributed by atoms with Gasteiger partial charge in [0.2, 0.25) is 0 Å². The summed E-state index contributed by atoms with van der Waals surface area (Å²) in [6.45, 7) is 2.13. The van der Waals surface area contributed by atoms with Gasteiger partial charge >= 0.3 is 0 Å². The molecule has 0 aliphatic heterocycles. The standard InChI is InChI=1S/C11H16N4O/c1-7(8-3-2-4-8)14-10-6-13-5-9(15-10)11(12)16/h5-8H,2-4H2,1H3,(H2,12,16)(H,14,15). The zero-order valence-corrected chi connectivity index (χ0v) is 9.31. The first-order valence-electron chi connectivity index (χ1n) is 5.55. The van der Waals surface area contributed by atoms with Crippen LogP contribution in [0.15, 0.2) is 12.4 Å². The molecule has 1 amide bonds. The Kier molecular flexibility index (Phi) is 3.03. The van der Waals surface area contributed by atoms with E-state index >= 15 is 0 Å². The van der Waals surface area contributed by atoms with Crippen molar-refractivity contribution < 1.29 is 4.79 Å². The number of aromatic nitrogens is 2. The molecule has 3 N–H and O–H groups in total. The topological polar surface area (TPSA) is 80.9 Å². The molecule has 1 aliphatic carbocycles. The molecule has 1 atom stereocenters. The van der Waals surface area contributed by atoms with Gasteiger partial charge < -0.3 is 11.1 Å². The predicted octanol–water partition coefficient (Wildman–Crippen LogP) is 1.18. The van der Waals surface area contributed by atoms with Gasteiger partial charge in [-0.05, 0) is 25.7 Å². The van der Waals surface area contributed by atoms with E-state index in [9.17, 15) is 4.79 Å². The number of hydrogen-bond acceptors (Lipinski definition) is 4. The molecule has 0 saturated heterocycles. The SMILES string of the molecule is CC(Nc1cncc(C(N)=O)n1)C1CCC1. The van der Waals surface area contributed by atoms with Crippen LogP contribution in [0.5, 0.6) is 0 Å². The lowest BCUT2D eigenvalue weighted by atomic mass is 9.80. The maximum Gasteiger partial charge on any atom is 0.268 e. The summed E-state index contributed by atoms with van der Waals surface area (Å²) in [5, 5.41) is 3.26. The second kappa shape index (κ2) is 4.47. The highest BCUT2D eigenvalue weighted by molar-refractivity contribution is 5.90. The van der Waals surface area contributed by atoms with Crippen molar-refractivity contribution in [1.82, 2.24) is 9.97 Å². The number of nitrogens with two attached hydrogens (primary N) is 1. The molecular formula is C11H16N4O. The third kappa shape index (κ3) is 2.29. The normalized spacial score (nSPS) is 17.6. The van der Waals surface area contributed by atoms with Gasteiger partial charge in [-0.3, -0.25) is 9.78 Å². The minimum absolute atomic E-state index is 0.200. The predicted molar refractivity (Wildman–Crippen MR) is 61.0 cm³/mol. The van der Waals surface area contributed by atoms with E-state index in [2.05, 4.69) is 22.2 Å². The molecule has 1 aromatic rings. The molecule has 2 rings (SSSR count). The molecule has 1 aromatic heterocycles. The maximum absolute atomic E-state index is 10.9. The maximum atomic E-state index is 10.9. The van der Waals surface area contributed by atoms with Crippen LogP contribution >= 0.6 is 0 Å². The Labute approximate surface area is 94.5 Å². The summed E-state index contributed by atoms with van der Waals surface area (Å²) in [6, 6.07) is 0.367. The van der Waals surface area contributed by atoms with Crippen LogP contribution < -0.4 is 11.1 Å². The van der Waals surface area contributed by atoms with Crippen molar-refractivity contribution in [2.45, 2.75) is 32.2 Å². The minimum atomic E-state index is -0.549. The number of carbonyl (C=O) groups is 1. The molecule has 5 heteroatoms. The summed E-state index contributed by atoms with van der Waals surface area (Å²) < 4.78 is 0. The number of primary amides is 1. The number of nitrogens with zero attached hydrogens (tertiary/aromatic N) is 2. The van der Waals surface area contributed by atoms with Crippen LogP contribution in [0, 0.1) is 5.92 Å². The highest BCUT2D eigenvalue weighted by Gasteiger charge is 2.24. The lowest BCUT2D eigenvalue weighted by Gasteiger charge is -2.32. The Hall–Kier alpha value is -1.65. The lowest BCUT2D eigenvalue weighted by molar-refractivity contribution is 0.0995. The first-order chi connectivity index (χ1) is 7.66. The van der Waals surface area contributed by atoms with E-state index < -0.39 is 5.91 Å². The summed E-state index contributed by atoms with van der Waals surface area (Å²) >= 11 is 0. The molecule has 0 spiro atoms. The van der Waals surface area contributed by atoms with Crippen LogP contribution in [-0.2, 0) is 0 Å². The van der Waals surface area contributed by atoms with Gasteiger partial charge in [-0.15, -0.1) is 0 Å². The van der Waals surface area contributed by atoms with Crippen molar-refractivity contribution >= 4 is 11.7 Å². The monoisotopic (exact) mass is 220 g/mol. The van der Waals surface area contributed by atoms with Crippen LogP contribution in [0.25, 0.3) is 0 Å². The van der Waals surface area contributed by atoms with E-state index in [0.29, 0.717) is 17.8 Å². The second-order valence-electron chi connectivity index (χ2n) is 4.28. The molecule has 0 bridgehead atoms. The molecule has 1 heterocycles. The fourth-order valence-electron chi connectivity index (χ4n) is 1.85. The summed E-state index contributed by atoms with van der Waals surface area (Å²) in [5.41, 5.74) is 5.34. The van der Waals surface area contributed by atoms with Crippen molar-refractivity contribution in [2.24, 2.45) is 11.7 Å². The van der Waals surface area contributed by atoms with Crippen molar-refractivity contribution in [3.63, 3.8) is 0 Å². The van der Waals surface area contributed by atoms with Crippen molar-refractivity contribution in [3.8, 4) is 0 Å². The quantitative estimate of drug-likeness (QED) is 0.798. The first-order valence-corrected chi connectivity index (χ1v) is 5.55. The van der Waals surface area contributed by atoms with Crippen LogP contribution in [0.3, 0.4) is 0 Å². The van der Waals surface area contributed by atoms with E-state index in [-0.39, 0.29) is 5.69 Å². The second-order valence-corrected chi connectivity index (χ2v) is 4.28. The minimum Gasteiger partial charge on any atom is -0.366 e. The van der Waals surface area contributed by atoms with Gasteiger partial charge in [0.25, 0.3) is 5.91 Å². The van der Waals surface area contributed by atoms with Gasteiger partial charge in [0.05, 0.1) is 12.4 Å². The Balaban J connectivity index is 2.02. The summed E-state index contributed by atoms with van der Waals surface area (Å²) in [5.74, 6) is 0.780. The van der Waals surface area contributed by atoms with E-state index in [1.165, 1.54) is 25.5 Å². The van der Waals surface area contributed by atoms with E-state index in [4.69, 9.17) is 5.73 Å². The largest absolute Gasteiger partial charge is 0.366 e. The average molecular weight is 220 g/mol. The molecule has 86 valence electrons. The van der Waals surface area contributed by atoms with Gasteiger partial charge in [-0.1, -0.05) is 6.42 Å². The summed E-state index contributed by atoms with van der Waals surface area (Å²) in [7, 11) is 0. The van der Waals surface area contributed by atoms with Crippen molar-refractivity contribution in [2.75, 3.05) is 5.32 Å². The molecule has 0 radical (unpaired) electrons. The molecule has 1 fully saturated rings. The van der Waals surface area contributed by atoms with Crippen LogP contribution in [-0.4, -0.2) is 21.9 Å². The third-order valence-corrected chi connectivity index (χ3v) is 3.12. The molecule has 5 nitrogen and oxygen atoms in total. The Morgan fingerprint density at radius 2 is 2.31 bits per heavy atom. The Morgan fingerprint density at radius 1 is 1.56 bits per heavy atom. The summed E-state index contributed by atoms with van der Waals surface area (Å²) in [6.07, 6.45) is 6.82. The van der Waals surface area contributed by atoms with Crippen LogP contribution in [0.1, 0.15) is 36.7 Å². The first kappa shape index (κ1) is 10.9. The zero-order valence-electron chi connectivity index (χ0n) is 9.31. The van der Waals surface area contributed by atoms with Gasteiger partial charge in [-0.25, -0.2) is 4.98 Å². The van der Waals surface area contributed by atoms with Crippen LogP contribution in [0.2, 0.25) is 0 Å². The number of amides is 1. The fourth-order valence-corrected chi connectivity index (χ4v) is 1.85. The van der Waals surface area contributed by atoms with Gasteiger partial charge in [-0.2, -0.15) is 0 Å². The highest BCUT2D eigenvalue weighted by Crippen LogP contribution is 2.30. The summed E-state index contributed by atoms with van der Waals surface area (Å²) in [4.78, 5) is 19.0. The number of anilines is 1. The molecule has 16 heavy (non-hydrogen) atoms. The molecule has 1 unspecified atom stereocenters. The number of carbonyl (C=O) groups excluding carboxylic acids is 1. The van der Waals surface area contributed by atoms with Gasteiger partial charge in [0.15, 0.2) is 0 Å². The van der Waals surface area contributed by atoms with E-state index in [1.54, 1.807) is 6.20 Å². The Morgan fingerprint density at radius 3 is 2.88 bits per heavy atom. The average Bonchev–Trinajstić information content (AvgIpc) is 2.15. The number of hydrogen-bond donors (Lipinski definition) is 2. The van der Waals surface area contributed by atoms with Gasteiger partial charge in [0, 0.05) is 6.04 Å². The van der Waals surface area contributed by atoms with Crippen LogP contribution in [0.4, 0.5) is 5.82 Å². The molecule has 1 saturated carbocycles. The smallest absolute Gasteiger partial charge is 0.268 e. The zero-order chi connectivity index (χ0) is 11.5. The highest BCUT2D eigenvalue weighted by atomic mass is 16.1. The van der Waals surface area contributed by atoms with Gasteiger partial charge in [0.1, 0.15) is 11.5 Å². The Bertz CT molecular complexity index is 389. The molecular weight excluding hydrogens is 204 g/mol. The van der Waals surface area contributed by atoms with Crippen molar-refractivity contribution in [3.05, 3.63) is 18.1 Å². The fraction of sp³-hybridized carbons (Fsp3) is 0.545. The van der Waals surface area contributed by atoms with E-state index in [1.807, 2.05) is 0 Å². The molecule has 0 aromatic carbocycles. The van der Waals surface area contributed by atoms with E-state index in [0.717, 1.165) is 0 Å². The molecule has 1 aliphatic rings. The van der Waals surface area contributed by atoms with Crippen molar-refractivity contribution in [1.29, 1.82) is 0 Å². The number of nitrogens with one attached hydrogen (secondary N) is 1. The number of rotatable bonds is 4.